The first-order chi connectivity index (χ1) is 8.93. The fraction of sp³-hybridized carbons (Fsp3) is 0.429. The Labute approximate surface area is 114 Å². The maximum Gasteiger partial charge on any atom is 0.331 e. The molecule has 0 aliphatic carbocycles. The first-order valence-corrected chi connectivity index (χ1v) is 6.43. The van der Waals surface area contributed by atoms with E-state index >= 15 is 0 Å². The van der Waals surface area contributed by atoms with E-state index in [1.807, 2.05) is 39.0 Å². The molecule has 0 aliphatic heterocycles. The highest BCUT2D eigenvalue weighted by Gasteiger charge is 2.24. The number of benzene rings is 1. The number of amides is 2. The zero-order chi connectivity index (χ0) is 14.6. The summed E-state index contributed by atoms with van der Waals surface area (Å²) in [6.07, 6.45) is 0. The van der Waals surface area contributed by atoms with E-state index in [1.54, 1.807) is 11.8 Å². The van der Waals surface area contributed by atoms with Crippen LogP contribution < -0.4 is 10.6 Å². The Kier molecular flexibility index (Phi) is 4.92. The molecular weight excluding hydrogens is 240 g/mol. The lowest BCUT2D eigenvalue weighted by molar-refractivity contribution is 0.228. The van der Waals surface area contributed by atoms with Crippen LogP contribution in [0.15, 0.2) is 18.2 Å². The molecule has 0 bridgehead atoms. The Morgan fingerprint density at radius 3 is 2.11 bits per heavy atom. The number of para-hydroxylation sites is 1. The summed E-state index contributed by atoms with van der Waals surface area (Å²) in [4.78, 5) is 15.4. The molecule has 1 aromatic rings. The molecular formula is C14H22N4O. The number of urea groups is 1. The number of carbonyl (C=O) groups excluding carboxylic acids is 1. The summed E-state index contributed by atoms with van der Waals surface area (Å²) in [7, 11) is 0. The molecule has 5 nitrogen and oxygen atoms in total. The summed E-state index contributed by atoms with van der Waals surface area (Å²) in [6.45, 7) is 8.59. The Bertz CT molecular complexity index is 464. The third-order valence-corrected chi connectivity index (χ3v) is 3.09. The molecule has 0 unspecified atom stereocenters. The van der Waals surface area contributed by atoms with Crippen LogP contribution in [0.4, 0.5) is 10.5 Å². The van der Waals surface area contributed by atoms with Gasteiger partial charge in [-0.3, -0.25) is 15.2 Å². The van der Waals surface area contributed by atoms with Gasteiger partial charge in [0.25, 0.3) is 0 Å². The molecule has 0 fully saturated rings. The number of aryl methyl sites for hydroxylation is 2. The van der Waals surface area contributed by atoms with Gasteiger partial charge in [-0.1, -0.05) is 18.2 Å². The molecule has 0 spiro atoms. The Morgan fingerprint density at radius 1 is 1.21 bits per heavy atom. The van der Waals surface area contributed by atoms with Crippen molar-refractivity contribution in [3.63, 3.8) is 0 Å². The average Bonchev–Trinajstić information content (AvgIpc) is 2.34. The second kappa shape index (κ2) is 6.22. The van der Waals surface area contributed by atoms with Gasteiger partial charge in [0.1, 0.15) is 0 Å². The molecule has 2 amide bonds. The van der Waals surface area contributed by atoms with Crippen LogP contribution in [0, 0.1) is 19.3 Å². The minimum atomic E-state index is -0.255. The van der Waals surface area contributed by atoms with Gasteiger partial charge >= 0.3 is 6.03 Å². The Balaban J connectivity index is 3.20. The van der Waals surface area contributed by atoms with Crippen molar-refractivity contribution in [2.24, 2.45) is 5.73 Å². The Morgan fingerprint density at radius 2 is 1.74 bits per heavy atom. The highest BCUT2D eigenvalue weighted by atomic mass is 16.2. The van der Waals surface area contributed by atoms with Crippen LogP contribution in [0.1, 0.15) is 25.0 Å². The summed E-state index contributed by atoms with van der Waals surface area (Å²) < 4.78 is 0. The molecule has 0 aromatic heterocycles. The van der Waals surface area contributed by atoms with E-state index in [1.165, 1.54) is 4.90 Å². The molecule has 3 N–H and O–H groups in total. The normalized spacial score (nSPS) is 10.1. The van der Waals surface area contributed by atoms with E-state index in [0.717, 1.165) is 16.8 Å². The average molecular weight is 262 g/mol. The van der Waals surface area contributed by atoms with Gasteiger partial charge in [0.2, 0.25) is 0 Å². The molecule has 5 heteroatoms. The van der Waals surface area contributed by atoms with E-state index in [9.17, 15) is 4.79 Å². The zero-order valence-corrected chi connectivity index (χ0v) is 12.0. The number of nitrogens with one attached hydrogen (secondary N) is 1. The molecule has 19 heavy (non-hydrogen) atoms. The minimum absolute atomic E-state index is 0.225. The number of hydrogen-bond donors (Lipinski definition) is 2. The van der Waals surface area contributed by atoms with Crippen LogP contribution >= 0.6 is 0 Å². The summed E-state index contributed by atoms with van der Waals surface area (Å²) in [6, 6.07) is 5.66. The van der Waals surface area contributed by atoms with E-state index in [2.05, 4.69) is 0 Å². The SMILES string of the molecule is CCN(C(=N)N)C(=O)N(CC)c1c(C)cccc1C. The molecule has 104 valence electrons. The van der Waals surface area contributed by atoms with Gasteiger partial charge in [-0.15, -0.1) is 0 Å². The van der Waals surface area contributed by atoms with Gasteiger partial charge in [0.15, 0.2) is 5.96 Å². The van der Waals surface area contributed by atoms with Crippen LogP contribution in [0.3, 0.4) is 0 Å². The topological polar surface area (TPSA) is 73.4 Å². The molecule has 0 aliphatic rings. The van der Waals surface area contributed by atoms with Crippen molar-refractivity contribution < 1.29 is 4.79 Å². The van der Waals surface area contributed by atoms with Crippen molar-refractivity contribution >= 4 is 17.7 Å². The van der Waals surface area contributed by atoms with Gasteiger partial charge < -0.3 is 5.73 Å². The highest BCUT2D eigenvalue weighted by Crippen LogP contribution is 2.25. The molecule has 0 heterocycles. The van der Waals surface area contributed by atoms with Gasteiger partial charge in [-0.05, 0) is 38.8 Å². The lowest BCUT2D eigenvalue weighted by Gasteiger charge is -2.30. The second-order valence-corrected chi connectivity index (χ2v) is 4.40. The molecule has 0 radical (unpaired) electrons. The van der Waals surface area contributed by atoms with Crippen LogP contribution in [0.25, 0.3) is 0 Å². The van der Waals surface area contributed by atoms with E-state index in [0.29, 0.717) is 13.1 Å². The Hall–Kier alpha value is -2.04. The first-order valence-electron chi connectivity index (χ1n) is 6.43. The van der Waals surface area contributed by atoms with Crippen LogP contribution in [0.2, 0.25) is 0 Å². The molecule has 1 aromatic carbocycles. The first kappa shape index (κ1) is 15.0. The second-order valence-electron chi connectivity index (χ2n) is 4.40. The number of nitrogens with two attached hydrogens (primary N) is 1. The van der Waals surface area contributed by atoms with Crippen molar-refractivity contribution in [1.82, 2.24) is 4.90 Å². The smallest absolute Gasteiger partial charge is 0.331 e. The summed E-state index contributed by atoms with van der Waals surface area (Å²) in [5.74, 6) is -0.225. The van der Waals surface area contributed by atoms with E-state index < -0.39 is 0 Å². The number of anilines is 1. The van der Waals surface area contributed by atoms with Gasteiger partial charge in [0, 0.05) is 13.1 Å². The third kappa shape index (κ3) is 3.05. The number of nitrogens with zero attached hydrogens (tertiary/aromatic N) is 2. The van der Waals surface area contributed by atoms with Crippen molar-refractivity contribution in [3.05, 3.63) is 29.3 Å². The van der Waals surface area contributed by atoms with Gasteiger partial charge in [-0.2, -0.15) is 0 Å². The number of hydrogen-bond acceptors (Lipinski definition) is 2. The number of carbonyl (C=O) groups is 1. The fourth-order valence-electron chi connectivity index (χ4n) is 2.17. The predicted octanol–water partition coefficient (Wildman–Crippen LogP) is 2.47. The van der Waals surface area contributed by atoms with Gasteiger partial charge in [-0.25, -0.2) is 4.79 Å². The standard InChI is InChI=1S/C14H22N4O/c1-5-17(14(19)18(6-2)13(15)16)12-10(3)8-7-9-11(12)4/h7-9H,5-6H2,1-4H3,(H3,15,16). The van der Waals surface area contributed by atoms with E-state index in [4.69, 9.17) is 11.1 Å². The molecule has 0 saturated carbocycles. The summed E-state index contributed by atoms with van der Waals surface area (Å²) in [5, 5.41) is 7.48. The quantitative estimate of drug-likeness (QED) is 0.648. The number of guanidine groups is 1. The molecule has 0 saturated heterocycles. The molecule has 1 rings (SSSR count). The van der Waals surface area contributed by atoms with Crippen molar-refractivity contribution in [1.29, 1.82) is 5.41 Å². The predicted molar refractivity (Wildman–Crippen MR) is 78.6 cm³/mol. The summed E-state index contributed by atoms with van der Waals surface area (Å²) in [5.41, 5.74) is 8.43. The maximum atomic E-state index is 12.5. The minimum Gasteiger partial charge on any atom is -0.370 e. The highest BCUT2D eigenvalue weighted by molar-refractivity contribution is 6.03. The van der Waals surface area contributed by atoms with Crippen molar-refractivity contribution in [2.75, 3.05) is 18.0 Å². The number of rotatable bonds is 3. The maximum absolute atomic E-state index is 12.5. The summed E-state index contributed by atoms with van der Waals surface area (Å²) >= 11 is 0. The third-order valence-electron chi connectivity index (χ3n) is 3.09. The van der Waals surface area contributed by atoms with E-state index in [-0.39, 0.29) is 12.0 Å². The lowest BCUT2D eigenvalue weighted by Crippen LogP contribution is -2.49. The largest absolute Gasteiger partial charge is 0.370 e. The van der Waals surface area contributed by atoms with Crippen LogP contribution in [-0.2, 0) is 0 Å². The van der Waals surface area contributed by atoms with Crippen molar-refractivity contribution in [2.45, 2.75) is 27.7 Å². The van der Waals surface area contributed by atoms with Gasteiger partial charge in [0.05, 0.1) is 5.69 Å². The van der Waals surface area contributed by atoms with Crippen molar-refractivity contribution in [3.8, 4) is 0 Å². The zero-order valence-electron chi connectivity index (χ0n) is 12.0. The molecule has 0 atom stereocenters. The van der Waals surface area contributed by atoms with Crippen LogP contribution in [-0.4, -0.2) is 30.0 Å². The lowest BCUT2D eigenvalue weighted by atomic mass is 10.1. The monoisotopic (exact) mass is 262 g/mol. The fourth-order valence-corrected chi connectivity index (χ4v) is 2.17. The van der Waals surface area contributed by atoms with Crippen LogP contribution in [0.5, 0.6) is 0 Å².